The Balaban J connectivity index is 1.62. The number of morpholine rings is 1. The van der Waals surface area contributed by atoms with Gasteiger partial charge in [0.1, 0.15) is 17.4 Å². The van der Waals surface area contributed by atoms with Crippen LogP contribution in [0.4, 0.5) is 10.1 Å². The van der Waals surface area contributed by atoms with Crippen LogP contribution < -0.4 is 4.90 Å². The van der Waals surface area contributed by atoms with Crippen molar-refractivity contribution in [1.82, 2.24) is 9.80 Å². The summed E-state index contributed by atoms with van der Waals surface area (Å²) in [7, 11) is 0. The first-order valence-corrected chi connectivity index (χ1v) is 8.21. The predicted octanol–water partition coefficient (Wildman–Crippen LogP) is 0.205. The van der Waals surface area contributed by atoms with E-state index >= 15 is 0 Å². The highest BCUT2D eigenvalue weighted by Gasteiger charge is 2.31. The van der Waals surface area contributed by atoms with Crippen molar-refractivity contribution in [3.63, 3.8) is 0 Å². The van der Waals surface area contributed by atoms with Crippen LogP contribution in [0.3, 0.4) is 0 Å². The third kappa shape index (κ3) is 3.56. The van der Waals surface area contributed by atoms with Gasteiger partial charge in [-0.1, -0.05) is 6.07 Å². The molecule has 0 spiro atoms. The maximum absolute atomic E-state index is 13.7. The quantitative estimate of drug-likeness (QED) is 0.679. The van der Waals surface area contributed by atoms with Crippen LogP contribution in [0.25, 0.3) is 0 Å². The zero-order valence-corrected chi connectivity index (χ0v) is 13.8. The van der Waals surface area contributed by atoms with Gasteiger partial charge in [0.25, 0.3) is 0 Å². The molecule has 2 saturated heterocycles. The number of halogens is 1. The van der Waals surface area contributed by atoms with Gasteiger partial charge in [0.05, 0.1) is 18.9 Å². The Bertz CT molecular complexity index is 704. The first kappa shape index (κ1) is 17.2. The lowest BCUT2D eigenvalue weighted by atomic mass is 10.1. The minimum atomic E-state index is -0.555. The number of amides is 2. The van der Waals surface area contributed by atoms with E-state index in [4.69, 9.17) is 10.00 Å². The minimum Gasteiger partial charge on any atom is -0.378 e. The number of benzene rings is 1. The maximum Gasteiger partial charge on any atom is 0.312 e. The summed E-state index contributed by atoms with van der Waals surface area (Å²) < 4.78 is 18.9. The Kier molecular flexibility index (Phi) is 5.14. The van der Waals surface area contributed by atoms with Crippen molar-refractivity contribution < 1.29 is 18.7 Å². The molecule has 25 heavy (non-hydrogen) atoms. The van der Waals surface area contributed by atoms with Crippen molar-refractivity contribution in [1.29, 1.82) is 5.26 Å². The number of anilines is 1. The predicted molar refractivity (Wildman–Crippen MR) is 87.3 cm³/mol. The molecule has 2 amide bonds. The lowest BCUT2D eigenvalue weighted by Gasteiger charge is -2.37. The Morgan fingerprint density at radius 3 is 2.20 bits per heavy atom. The van der Waals surface area contributed by atoms with Crippen molar-refractivity contribution in [3.8, 4) is 6.07 Å². The molecule has 2 fully saturated rings. The first-order chi connectivity index (χ1) is 12.1. The summed E-state index contributed by atoms with van der Waals surface area (Å²) in [6, 6.07) is 6.39. The Labute approximate surface area is 145 Å². The van der Waals surface area contributed by atoms with Crippen LogP contribution in [0.1, 0.15) is 5.56 Å². The number of ether oxygens (including phenoxy) is 1. The number of piperazine rings is 1. The molecule has 3 rings (SSSR count). The van der Waals surface area contributed by atoms with Gasteiger partial charge < -0.3 is 19.4 Å². The number of rotatable bonds is 1. The van der Waals surface area contributed by atoms with Crippen molar-refractivity contribution in [2.24, 2.45) is 0 Å². The number of hydrogen-bond donors (Lipinski definition) is 0. The zero-order valence-electron chi connectivity index (χ0n) is 13.8. The van der Waals surface area contributed by atoms with Crippen LogP contribution in [-0.2, 0) is 14.3 Å². The highest BCUT2D eigenvalue weighted by atomic mass is 19.1. The van der Waals surface area contributed by atoms with E-state index in [0.717, 1.165) is 0 Å². The molecule has 0 atom stereocenters. The Morgan fingerprint density at radius 1 is 1.00 bits per heavy atom. The summed E-state index contributed by atoms with van der Waals surface area (Å²) in [5.74, 6) is -1.57. The molecule has 0 radical (unpaired) electrons. The van der Waals surface area contributed by atoms with Gasteiger partial charge in [-0.25, -0.2) is 4.39 Å². The summed E-state index contributed by atoms with van der Waals surface area (Å²) in [4.78, 5) is 29.5. The second-order valence-electron chi connectivity index (χ2n) is 5.93. The normalized spacial score (nSPS) is 18.0. The standard InChI is InChI=1S/C17H19FN4O3/c18-14-2-1-3-15(13(14)12-19)20-4-6-21(7-5-20)16(23)17(24)22-8-10-25-11-9-22/h1-3H,4-11H2. The Hall–Kier alpha value is -2.66. The number of hydrogen-bond acceptors (Lipinski definition) is 5. The molecule has 0 N–H and O–H groups in total. The zero-order chi connectivity index (χ0) is 17.8. The second kappa shape index (κ2) is 7.49. The largest absolute Gasteiger partial charge is 0.378 e. The van der Waals surface area contributed by atoms with Crippen LogP contribution in [0.15, 0.2) is 18.2 Å². The van der Waals surface area contributed by atoms with Gasteiger partial charge in [-0.15, -0.1) is 0 Å². The van der Waals surface area contributed by atoms with Crippen LogP contribution in [-0.4, -0.2) is 74.1 Å². The van der Waals surface area contributed by atoms with Crippen molar-refractivity contribution in [2.45, 2.75) is 0 Å². The summed E-state index contributed by atoms with van der Waals surface area (Å²) in [6.45, 7) is 3.36. The molecular weight excluding hydrogens is 327 g/mol. The summed E-state index contributed by atoms with van der Waals surface area (Å²) in [5, 5.41) is 9.15. The fraction of sp³-hybridized carbons (Fsp3) is 0.471. The van der Waals surface area contributed by atoms with E-state index in [-0.39, 0.29) is 5.56 Å². The SMILES string of the molecule is N#Cc1c(F)cccc1N1CCN(C(=O)C(=O)N2CCOCC2)CC1. The summed E-state index contributed by atoms with van der Waals surface area (Å²) in [6.07, 6.45) is 0. The topological polar surface area (TPSA) is 76.9 Å². The molecule has 0 aromatic heterocycles. The fourth-order valence-corrected chi connectivity index (χ4v) is 3.07. The van der Waals surface area contributed by atoms with Crippen molar-refractivity contribution in [3.05, 3.63) is 29.6 Å². The molecule has 2 aliphatic heterocycles. The van der Waals surface area contributed by atoms with E-state index in [9.17, 15) is 14.0 Å². The first-order valence-electron chi connectivity index (χ1n) is 8.21. The van der Waals surface area contributed by atoms with Gasteiger partial charge in [-0.2, -0.15) is 5.26 Å². The van der Waals surface area contributed by atoms with Gasteiger partial charge in [0.15, 0.2) is 0 Å². The maximum atomic E-state index is 13.7. The third-order valence-electron chi connectivity index (χ3n) is 4.49. The molecule has 2 aliphatic rings. The second-order valence-corrected chi connectivity index (χ2v) is 5.93. The van der Waals surface area contributed by atoms with E-state index in [0.29, 0.717) is 58.2 Å². The molecule has 0 saturated carbocycles. The third-order valence-corrected chi connectivity index (χ3v) is 4.49. The van der Waals surface area contributed by atoms with E-state index in [2.05, 4.69) is 0 Å². The van der Waals surface area contributed by atoms with Gasteiger partial charge in [0, 0.05) is 39.3 Å². The molecule has 8 heteroatoms. The molecule has 0 aliphatic carbocycles. The minimum absolute atomic E-state index is 0.00618. The van der Waals surface area contributed by atoms with Crippen molar-refractivity contribution in [2.75, 3.05) is 57.4 Å². The number of nitriles is 1. The molecule has 7 nitrogen and oxygen atoms in total. The van der Waals surface area contributed by atoms with Crippen LogP contribution in [0.2, 0.25) is 0 Å². The molecular formula is C17H19FN4O3. The van der Waals surface area contributed by atoms with Crippen LogP contribution in [0.5, 0.6) is 0 Å². The fourth-order valence-electron chi connectivity index (χ4n) is 3.07. The van der Waals surface area contributed by atoms with E-state index in [1.807, 2.05) is 11.0 Å². The summed E-state index contributed by atoms with van der Waals surface area (Å²) in [5.41, 5.74) is 0.528. The number of carbonyl (C=O) groups excluding carboxylic acids is 2. The smallest absolute Gasteiger partial charge is 0.312 e. The highest BCUT2D eigenvalue weighted by Crippen LogP contribution is 2.23. The highest BCUT2D eigenvalue weighted by molar-refractivity contribution is 6.34. The molecule has 132 valence electrons. The van der Waals surface area contributed by atoms with Gasteiger partial charge in [0.2, 0.25) is 0 Å². The number of carbonyl (C=O) groups is 2. The number of nitrogens with zero attached hydrogens (tertiary/aromatic N) is 4. The van der Waals surface area contributed by atoms with Gasteiger partial charge in [-0.05, 0) is 12.1 Å². The van der Waals surface area contributed by atoms with Crippen LogP contribution >= 0.6 is 0 Å². The average molecular weight is 346 g/mol. The molecule has 1 aromatic rings. The lowest BCUT2D eigenvalue weighted by molar-refractivity contribution is -0.154. The van der Waals surface area contributed by atoms with E-state index < -0.39 is 17.6 Å². The average Bonchev–Trinajstić information content (AvgIpc) is 2.67. The van der Waals surface area contributed by atoms with Crippen molar-refractivity contribution >= 4 is 17.5 Å². The molecule has 0 unspecified atom stereocenters. The van der Waals surface area contributed by atoms with Crippen LogP contribution in [0, 0.1) is 17.1 Å². The molecule has 1 aromatic carbocycles. The van der Waals surface area contributed by atoms with E-state index in [1.54, 1.807) is 12.1 Å². The van der Waals surface area contributed by atoms with Gasteiger partial charge in [-0.3, -0.25) is 9.59 Å². The summed E-state index contributed by atoms with van der Waals surface area (Å²) >= 11 is 0. The lowest BCUT2D eigenvalue weighted by Crippen LogP contribution is -2.54. The molecule has 0 bridgehead atoms. The molecule has 2 heterocycles. The van der Waals surface area contributed by atoms with Gasteiger partial charge >= 0.3 is 11.8 Å². The Morgan fingerprint density at radius 2 is 1.60 bits per heavy atom. The van der Waals surface area contributed by atoms with E-state index in [1.165, 1.54) is 15.9 Å². The monoisotopic (exact) mass is 346 g/mol.